The van der Waals surface area contributed by atoms with E-state index in [1.807, 2.05) is 55.5 Å². The average molecular weight is 360 g/mol. The Hall–Kier alpha value is -3.34. The van der Waals surface area contributed by atoms with Gasteiger partial charge in [0.25, 0.3) is 5.56 Å². The number of aromatic amines is 1. The number of pyridine rings is 1. The molecule has 0 amide bonds. The first kappa shape index (κ1) is 17.1. The molecule has 4 aromatic rings. The van der Waals surface area contributed by atoms with Crippen LogP contribution < -0.4 is 5.56 Å². The van der Waals surface area contributed by atoms with Crippen molar-refractivity contribution >= 4 is 27.8 Å². The van der Waals surface area contributed by atoms with Crippen molar-refractivity contribution in [3.63, 3.8) is 0 Å². The van der Waals surface area contributed by atoms with Crippen LogP contribution in [0, 0.1) is 6.92 Å². The smallest absolute Gasteiger partial charge is 0.355 e. The van der Waals surface area contributed by atoms with Gasteiger partial charge in [0.05, 0.1) is 23.0 Å². The van der Waals surface area contributed by atoms with Gasteiger partial charge in [-0.2, -0.15) is 0 Å². The molecule has 0 saturated heterocycles. The molecule has 4 rings (SSSR count). The van der Waals surface area contributed by atoms with Crippen molar-refractivity contribution in [3.05, 3.63) is 70.1 Å². The zero-order valence-electron chi connectivity index (χ0n) is 15.5. The molecule has 0 saturated carbocycles. The quantitative estimate of drug-likeness (QED) is 0.558. The fraction of sp³-hybridized carbons (Fsp3) is 0.182. The largest absolute Gasteiger partial charge is 0.461 e. The number of rotatable bonds is 3. The first-order chi connectivity index (χ1) is 13.0. The molecule has 2 heterocycles. The molecule has 136 valence electrons. The maximum absolute atomic E-state index is 13.2. The molecule has 2 aromatic heterocycles. The maximum Gasteiger partial charge on any atom is 0.355 e. The number of H-pyrrole nitrogens is 1. The number of fused-ring (bicyclic) bond motifs is 3. The summed E-state index contributed by atoms with van der Waals surface area (Å²) in [6.07, 6.45) is 0. The number of benzene rings is 2. The van der Waals surface area contributed by atoms with Crippen LogP contribution in [0.15, 0.2) is 53.3 Å². The monoisotopic (exact) mass is 360 g/mol. The lowest BCUT2D eigenvalue weighted by Gasteiger charge is -2.08. The van der Waals surface area contributed by atoms with Crippen molar-refractivity contribution < 1.29 is 9.53 Å². The lowest BCUT2D eigenvalue weighted by atomic mass is 10.0. The third-order valence-electron chi connectivity index (χ3n) is 4.87. The van der Waals surface area contributed by atoms with Crippen molar-refractivity contribution in [2.75, 3.05) is 6.61 Å². The molecule has 0 bridgehead atoms. The third kappa shape index (κ3) is 2.63. The molecule has 0 fully saturated rings. The molecule has 0 unspecified atom stereocenters. The zero-order valence-corrected chi connectivity index (χ0v) is 15.5. The summed E-state index contributed by atoms with van der Waals surface area (Å²) >= 11 is 0. The Kier molecular flexibility index (Phi) is 4.07. The molecule has 0 aliphatic rings. The summed E-state index contributed by atoms with van der Waals surface area (Å²) in [5.74, 6) is -0.463. The highest BCUT2D eigenvalue weighted by atomic mass is 16.5. The fourth-order valence-electron chi connectivity index (χ4n) is 3.54. The third-order valence-corrected chi connectivity index (χ3v) is 4.87. The summed E-state index contributed by atoms with van der Waals surface area (Å²) in [6.45, 7) is 4.03. The van der Waals surface area contributed by atoms with Crippen LogP contribution in [0.25, 0.3) is 32.9 Å². The molecule has 0 spiro atoms. The number of hydrogen-bond acceptors (Lipinski definition) is 3. The molecule has 5 heteroatoms. The molecule has 0 aliphatic carbocycles. The van der Waals surface area contributed by atoms with Crippen LogP contribution in [0.5, 0.6) is 0 Å². The van der Waals surface area contributed by atoms with E-state index in [2.05, 4.69) is 4.98 Å². The van der Waals surface area contributed by atoms with Gasteiger partial charge in [0.2, 0.25) is 0 Å². The standard InChI is InChI=1S/C22H20N2O3/c1-4-27-22(26)20-17(14-11-9-13(2)10-12-14)18-19(23-20)15-7-5-6-8-16(15)24(3)21(18)25/h5-12,23H,4H2,1-3H3. The van der Waals surface area contributed by atoms with Gasteiger partial charge >= 0.3 is 5.97 Å². The Morgan fingerprint density at radius 3 is 2.52 bits per heavy atom. The van der Waals surface area contributed by atoms with E-state index in [-0.39, 0.29) is 12.2 Å². The van der Waals surface area contributed by atoms with Gasteiger partial charge in [-0.3, -0.25) is 4.79 Å². The second-order valence-electron chi connectivity index (χ2n) is 6.59. The van der Waals surface area contributed by atoms with Gasteiger partial charge in [-0.1, -0.05) is 48.0 Å². The van der Waals surface area contributed by atoms with Crippen LogP contribution >= 0.6 is 0 Å². The Bertz CT molecular complexity index is 1230. The van der Waals surface area contributed by atoms with Crippen molar-refractivity contribution in [2.45, 2.75) is 13.8 Å². The SMILES string of the molecule is CCOC(=O)c1[nH]c2c(c1-c1ccc(C)cc1)c(=O)n(C)c1ccccc21. The fourth-order valence-corrected chi connectivity index (χ4v) is 3.54. The first-order valence-electron chi connectivity index (χ1n) is 8.90. The van der Waals surface area contributed by atoms with Crippen molar-refractivity contribution in [3.8, 4) is 11.1 Å². The molecule has 0 atom stereocenters. The van der Waals surface area contributed by atoms with E-state index < -0.39 is 5.97 Å². The second-order valence-corrected chi connectivity index (χ2v) is 6.59. The van der Waals surface area contributed by atoms with Crippen LogP contribution in [-0.4, -0.2) is 22.1 Å². The molecule has 5 nitrogen and oxygen atoms in total. The molecular weight excluding hydrogens is 340 g/mol. The molecule has 0 radical (unpaired) electrons. The lowest BCUT2D eigenvalue weighted by Crippen LogP contribution is -2.17. The second kappa shape index (κ2) is 6.43. The number of ether oxygens (including phenoxy) is 1. The van der Waals surface area contributed by atoms with Crippen molar-refractivity contribution in [1.82, 2.24) is 9.55 Å². The lowest BCUT2D eigenvalue weighted by molar-refractivity contribution is 0.0521. The van der Waals surface area contributed by atoms with Crippen LogP contribution in [-0.2, 0) is 11.8 Å². The normalized spacial score (nSPS) is 11.2. The molecule has 1 N–H and O–H groups in total. The Labute approximate surface area is 156 Å². The van der Waals surface area contributed by atoms with Crippen LogP contribution in [0.2, 0.25) is 0 Å². The van der Waals surface area contributed by atoms with Gasteiger partial charge < -0.3 is 14.3 Å². The first-order valence-corrected chi connectivity index (χ1v) is 8.90. The van der Waals surface area contributed by atoms with E-state index in [1.165, 1.54) is 0 Å². The number of hydrogen-bond donors (Lipinski definition) is 1. The average Bonchev–Trinajstić information content (AvgIpc) is 3.08. The number of carbonyl (C=O) groups excluding carboxylic acids is 1. The van der Waals surface area contributed by atoms with Crippen LogP contribution in [0.3, 0.4) is 0 Å². The van der Waals surface area contributed by atoms with E-state index in [1.54, 1.807) is 18.5 Å². The van der Waals surface area contributed by atoms with Gasteiger partial charge in [0.1, 0.15) is 5.69 Å². The van der Waals surface area contributed by atoms with Crippen LogP contribution in [0.4, 0.5) is 0 Å². The van der Waals surface area contributed by atoms with E-state index in [0.29, 0.717) is 22.2 Å². The summed E-state index contributed by atoms with van der Waals surface area (Å²) in [4.78, 5) is 29.0. The Morgan fingerprint density at radius 2 is 1.81 bits per heavy atom. The molecule has 2 aromatic carbocycles. The Balaban J connectivity index is 2.18. The van der Waals surface area contributed by atoms with Crippen molar-refractivity contribution in [1.29, 1.82) is 0 Å². The number of nitrogens with one attached hydrogen (secondary N) is 1. The molecular formula is C22H20N2O3. The van der Waals surface area contributed by atoms with E-state index in [9.17, 15) is 9.59 Å². The van der Waals surface area contributed by atoms with E-state index >= 15 is 0 Å². The maximum atomic E-state index is 13.2. The predicted octanol–water partition coefficient (Wildman–Crippen LogP) is 4.17. The predicted molar refractivity (Wildman–Crippen MR) is 107 cm³/mol. The minimum atomic E-state index is -0.463. The summed E-state index contributed by atoms with van der Waals surface area (Å²) in [5, 5.41) is 1.39. The molecule has 0 aliphatic heterocycles. The summed E-state index contributed by atoms with van der Waals surface area (Å²) in [7, 11) is 1.75. The van der Waals surface area contributed by atoms with Crippen molar-refractivity contribution in [2.24, 2.45) is 7.05 Å². The minimum absolute atomic E-state index is 0.147. The van der Waals surface area contributed by atoms with Gasteiger partial charge in [-0.15, -0.1) is 0 Å². The van der Waals surface area contributed by atoms with E-state index in [4.69, 9.17) is 4.74 Å². The highest BCUT2D eigenvalue weighted by molar-refractivity contribution is 6.14. The Morgan fingerprint density at radius 1 is 1.11 bits per heavy atom. The summed E-state index contributed by atoms with van der Waals surface area (Å²) in [5.41, 5.74) is 4.14. The minimum Gasteiger partial charge on any atom is -0.461 e. The number of esters is 1. The topological polar surface area (TPSA) is 64.1 Å². The van der Waals surface area contributed by atoms with Gasteiger partial charge in [0, 0.05) is 18.0 Å². The van der Waals surface area contributed by atoms with E-state index in [0.717, 1.165) is 22.0 Å². The number of nitrogens with zero attached hydrogens (tertiary/aromatic N) is 1. The number of para-hydroxylation sites is 1. The van der Waals surface area contributed by atoms with Crippen LogP contribution in [0.1, 0.15) is 23.0 Å². The summed E-state index contributed by atoms with van der Waals surface area (Å²) in [6, 6.07) is 15.4. The van der Waals surface area contributed by atoms with Gasteiger partial charge in [-0.25, -0.2) is 4.79 Å². The zero-order chi connectivity index (χ0) is 19.1. The number of carbonyl (C=O) groups is 1. The summed E-state index contributed by atoms with van der Waals surface area (Å²) < 4.78 is 6.87. The highest BCUT2D eigenvalue weighted by Crippen LogP contribution is 2.34. The number of aromatic nitrogens is 2. The van der Waals surface area contributed by atoms with Gasteiger partial charge in [-0.05, 0) is 25.5 Å². The molecule has 27 heavy (non-hydrogen) atoms. The highest BCUT2D eigenvalue weighted by Gasteiger charge is 2.24. The van der Waals surface area contributed by atoms with Gasteiger partial charge in [0.15, 0.2) is 0 Å². The number of aryl methyl sites for hydroxylation is 2.